The Morgan fingerprint density at radius 1 is 1.23 bits per heavy atom. The molecule has 1 aromatic heterocycles. The van der Waals surface area contributed by atoms with E-state index in [-0.39, 0.29) is 23.4 Å². The number of carbonyl (C=O) groups is 1. The predicted molar refractivity (Wildman–Crippen MR) is 120 cm³/mol. The Balaban J connectivity index is 1.63. The fourth-order valence-electron chi connectivity index (χ4n) is 4.24. The minimum Gasteiger partial charge on any atom is -0.382 e. The highest BCUT2D eigenvalue weighted by Gasteiger charge is 2.44. The zero-order chi connectivity index (χ0) is 25.2. The lowest BCUT2D eigenvalue weighted by Crippen LogP contribution is -2.41. The van der Waals surface area contributed by atoms with Gasteiger partial charge in [-0.2, -0.15) is 0 Å². The number of anilines is 1. The second kappa shape index (κ2) is 10.5. The Morgan fingerprint density at radius 3 is 2.54 bits per heavy atom. The number of aryl methyl sites for hydroxylation is 1. The number of halogens is 3. The Labute approximate surface area is 201 Å². The molecule has 0 spiro atoms. The summed E-state index contributed by atoms with van der Waals surface area (Å²) in [5, 5.41) is 6.12. The number of methoxy groups -OCH3 is 1. The fraction of sp³-hybridized carbons (Fsp3) is 0.542. The van der Waals surface area contributed by atoms with Gasteiger partial charge in [-0.3, -0.25) is 4.79 Å². The molecule has 4 rings (SSSR count). The monoisotopic (exact) mass is 494 g/mol. The van der Waals surface area contributed by atoms with Crippen LogP contribution in [0.25, 0.3) is 0 Å². The van der Waals surface area contributed by atoms with E-state index in [1.54, 1.807) is 21.0 Å². The molecular formula is C24H29F3N4O4. The van der Waals surface area contributed by atoms with Crippen molar-refractivity contribution in [2.75, 3.05) is 32.2 Å². The van der Waals surface area contributed by atoms with Gasteiger partial charge in [0.1, 0.15) is 17.5 Å². The van der Waals surface area contributed by atoms with Crippen LogP contribution in [0, 0.1) is 12.7 Å². The summed E-state index contributed by atoms with van der Waals surface area (Å²) in [7, 11) is 1.59. The average molecular weight is 495 g/mol. The molecule has 1 aromatic carbocycles. The number of alkyl halides is 2. The predicted octanol–water partition coefficient (Wildman–Crippen LogP) is 3.92. The zero-order valence-corrected chi connectivity index (χ0v) is 19.9. The lowest BCUT2D eigenvalue weighted by atomic mass is 10.0. The first-order chi connectivity index (χ1) is 16.7. The molecule has 1 atom stereocenters. The van der Waals surface area contributed by atoms with Crippen molar-refractivity contribution in [1.29, 1.82) is 0 Å². The van der Waals surface area contributed by atoms with E-state index in [4.69, 9.17) is 14.2 Å². The van der Waals surface area contributed by atoms with E-state index >= 15 is 0 Å². The van der Waals surface area contributed by atoms with Crippen LogP contribution in [0.3, 0.4) is 0 Å². The summed E-state index contributed by atoms with van der Waals surface area (Å²) >= 11 is 0. The van der Waals surface area contributed by atoms with E-state index in [1.807, 2.05) is 0 Å². The summed E-state index contributed by atoms with van der Waals surface area (Å²) in [5.74, 6) is -0.536. The van der Waals surface area contributed by atoms with E-state index in [2.05, 4.69) is 20.6 Å². The molecule has 2 heterocycles. The maximum atomic E-state index is 14.8. The van der Waals surface area contributed by atoms with Gasteiger partial charge >= 0.3 is 0 Å². The first-order valence-electron chi connectivity index (χ1n) is 11.5. The fourth-order valence-corrected chi connectivity index (χ4v) is 4.24. The molecule has 2 aliphatic rings. The number of carbonyl (C=O) groups excluding carboxylic acids is 1. The van der Waals surface area contributed by atoms with E-state index < -0.39 is 30.1 Å². The third-order valence-corrected chi connectivity index (χ3v) is 6.11. The smallest absolute Gasteiger partial charge is 0.266 e. The summed E-state index contributed by atoms with van der Waals surface area (Å²) in [6.45, 7) is 4.43. The summed E-state index contributed by atoms with van der Waals surface area (Å²) in [4.78, 5) is 21.8. The molecule has 2 fully saturated rings. The quantitative estimate of drug-likeness (QED) is 0.517. The molecule has 1 amide bonds. The minimum atomic E-state index is -2.93. The van der Waals surface area contributed by atoms with Gasteiger partial charge in [-0.1, -0.05) is 18.2 Å². The van der Waals surface area contributed by atoms with Gasteiger partial charge in [0.15, 0.2) is 6.29 Å². The number of rotatable bonds is 10. The van der Waals surface area contributed by atoms with Gasteiger partial charge in [0.2, 0.25) is 5.91 Å². The van der Waals surface area contributed by atoms with Crippen LogP contribution in [-0.2, 0) is 25.4 Å². The van der Waals surface area contributed by atoms with Crippen LogP contribution in [0.15, 0.2) is 18.2 Å². The second-order valence-corrected chi connectivity index (χ2v) is 8.91. The molecule has 190 valence electrons. The number of nitrogens with zero attached hydrogens (tertiary/aromatic N) is 2. The molecule has 1 aliphatic carbocycles. The largest absolute Gasteiger partial charge is 0.382 e. The van der Waals surface area contributed by atoms with Crippen LogP contribution >= 0.6 is 0 Å². The number of hydrogen-bond acceptors (Lipinski definition) is 7. The number of ether oxygens (including phenoxy) is 3. The highest BCUT2D eigenvalue weighted by Crippen LogP contribution is 2.37. The van der Waals surface area contributed by atoms with Crippen LogP contribution in [0.4, 0.5) is 19.0 Å². The van der Waals surface area contributed by atoms with Crippen molar-refractivity contribution < 1.29 is 32.2 Å². The van der Waals surface area contributed by atoms with Crippen molar-refractivity contribution in [2.45, 2.75) is 57.4 Å². The Hall–Kier alpha value is -2.76. The van der Waals surface area contributed by atoms with E-state index in [0.717, 1.165) is 18.9 Å². The normalized spacial score (nSPS) is 18.0. The van der Waals surface area contributed by atoms with Gasteiger partial charge in [-0.15, -0.1) is 0 Å². The maximum Gasteiger partial charge on any atom is 0.266 e. The second-order valence-electron chi connectivity index (χ2n) is 8.91. The number of nitrogens with one attached hydrogen (secondary N) is 2. The highest BCUT2D eigenvalue weighted by atomic mass is 19.3. The molecule has 2 aromatic rings. The van der Waals surface area contributed by atoms with Gasteiger partial charge in [0.25, 0.3) is 6.43 Å². The van der Waals surface area contributed by atoms with Gasteiger partial charge in [-0.25, -0.2) is 23.1 Å². The Morgan fingerprint density at radius 2 is 1.91 bits per heavy atom. The molecule has 1 aliphatic heterocycles. The van der Waals surface area contributed by atoms with Crippen molar-refractivity contribution in [3.05, 3.63) is 52.2 Å². The van der Waals surface area contributed by atoms with E-state index in [9.17, 15) is 18.0 Å². The molecule has 0 unspecified atom stereocenters. The molecular weight excluding hydrogens is 465 g/mol. The number of benzene rings is 1. The lowest BCUT2D eigenvalue weighted by molar-refractivity contribution is -0.121. The van der Waals surface area contributed by atoms with Crippen LogP contribution in [-0.4, -0.2) is 48.3 Å². The van der Waals surface area contributed by atoms with Crippen molar-refractivity contribution in [2.24, 2.45) is 0 Å². The SMILES string of the molecule is COCC1(NC(=O)Cc2nc(C)nc(N[C@H](C)c3cccc(C(F)F)c3F)c2C2OCCO2)CC1. The Bertz CT molecular complexity index is 1070. The number of aromatic nitrogens is 2. The maximum absolute atomic E-state index is 14.8. The topological polar surface area (TPSA) is 94.6 Å². The molecule has 2 N–H and O–H groups in total. The van der Waals surface area contributed by atoms with Crippen molar-refractivity contribution in [3.8, 4) is 0 Å². The molecule has 0 bridgehead atoms. The van der Waals surface area contributed by atoms with Crippen LogP contribution < -0.4 is 10.6 Å². The number of hydrogen-bond donors (Lipinski definition) is 2. The van der Waals surface area contributed by atoms with Gasteiger partial charge in [0.05, 0.1) is 54.6 Å². The molecule has 1 saturated heterocycles. The van der Waals surface area contributed by atoms with Crippen molar-refractivity contribution in [1.82, 2.24) is 15.3 Å². The van der Waals surface area contributed by atoms with Crippen molar-refractivity contribution >= 4 is 11.7 Å². The summed E-state index contributed by atoms with van der Waals surface area (Å²) < 4.78 is 57.8. The summed E-state index contributed by atoms with van der Waals surface area (Å²) in [6, 6.07) is 3.16. The Kier molecular flexibility index (Phi) is 7.58. The zero-order valence-electron chi connectivity index (χ0n) is 19.9. The summed E-state index contributed by atoms with van der Waals surface area (Å²) in [5.41, 5.74) is -0.117. The van der Waals surface area contributed by atoms with E-state index in [1.165, 1.54) is 12.1 Å². The minimum absolute atomic E-state index is 0.0499. The standard InChI is InChI=1S/C24H29F3N4O4/c1-13(15-5-4-6-16(20(15)25)21(26)27)28-22-19(23-34-9-10-35-23)17(29-14(2)30-22)11-18(32)31-24(7-8-24)12-33-3/h4-6,13,21,23H,7-12H2,1-3H3,(H,31,32)(H,28,29,30)/t13-/m1/s1. The molecule has 1 saturated carbocycles. The van der Waals surface area contributed by atoms with Crippen LogP contribution in [0.5, 0.6) is 0 Å². The summed E-state index contributed by atoms with van der Waals surface area (Å²) in [6.07, 6.45) is -2.13. The van der Waals surface area contributed by atoms with Gasteiger partial charge in [-0.05, 0) is 26.7 Å². The van der Waals surface area contributed by atoms with Gasteiger partial charge < -0.3 is 24.8 Å². The van der Waals surface area contributed by atoms with E-state index in [0.29, 0.717) is 42.7 Å². The van der Waals surface area contributed by atoms with Crippen molar-refractivity contribution in [3.63, 3.8) is 0 Å². The molecule has 11 heteroatoms. The highest BCUT2D eigenvalue weighted by molar-refractivity contribution is 5.80. The van der Waals surface area contributed by atoms with Gasteiger partial charge in [0, 0.05) is 12.7 Å². The lowest BCUT2D eigenvalue weighted by Gasteiger charge is -2.23. The third kappa shape index (κ3) is 5.74. The third-order valence-electron chi connectivity index (χ3n) is 6.11. The average Bonchev–Trinajstić information content (AvgIpc) is 3.31. The first-order valence-corrected chi connectivity index (χ1v) is 11.5. The molecule has 8 nitrogen and oxygen atoms in total. The van der Waals surface area contributed by atoms with Crippen LogP contribution in [0.2, 0.25) is 0 Å². The molecule has 0 radical (unpaired) electrons. The first kappa shape index (κ1) is 25.3. The molecule has 35 heavy (non-hydrogen) atoms. The van der Waals surface area contributed by atoms with Crippen LogP contribution in [0.1, 0.15) is 66.7 Å². The number of amides is 1.